The molecule has 0 aliphatic heterocycles. The molecule has 0 rings (SSSR count). The number of rotatable bonds is 12. The summed E-state index contributed by atoms with van der Waals surface area (Å²) in [5, 5.41) is 2.95. The molecule has 1 atom stereocenters. The summed E-state index contributed by atoms with van der Waals surface area (Å²) in [6.45, 7) is 11.8. The van der Waals surface area contributed by atoms with Gasteiger partial charge >= 0.3 is 0 Å². The molecule has 0 saturated carbocycles. The van der Waals surface area contributed by atoms with Crippen LogP contribution in [0, 0.1) is 5.92 Å². The van der Waals surface area contributed by atoms with Crippen LogP contribution in [0.25, 0.3) is 0 Å². The van der Waals surface area contributed by atoms with Gasteiger partial charge in [-0.2, -0.15) is 0 Å². The van der Waals surface area contributed by atoms with Crippen LogP contribution in [-0.4, -0.2) is 50.2 Å². The van der Waals surface area contributed by atoms with Gasteiger partial charge in [0, 0.05) is 25.6 Å². The van der Waals surface area contributed by atoms with Gasteiger partial charge in [-0.3, -0.25) is 4.79 Å². The molecule has 20 heavy (non-hydrogen) atoms. The fraction of sp³-hybridized carbons (Fsp3) is 0.938. The smallest absolute Gasteiger partial charge is 0.222 e. The maximum atomic E-state index is 11.4. The molecule has 0 aromatic carbocycles. The zero-order chi connectivity index (χ0) is 15.4. The summed E-state index contributed by atoms with van der Waals surface area (Å²) in [6.07, 6.45) is 4.76. The van der Waals surface area contributed by atoms with E-state index in [9.17, 15) is 4.79 Å². The number of unbranched alkanes of at least 4 members (excludes halogenated alkanes) is 1. The van der Waals surface area contributed by atoms with Gasteiger partial charge in [0.2, 0.25) is 5.91 Å². The lowest BCUT2D eigenvalue weighted by Gasteiger charge is -2.20. The monoisotopic (exact) mass is 286 g/mol. The van der Waals surface area contributed by atoms with E-state index in [2.05, 4.69) is 31.1 Å². The van der Waals surface area contributed by atoms with Crippen LogP contribution in [0.3, 0.4) is 0 Å². The third-order valence-corrected chi connectivity index (χ3v) is 3.48. The Morgan fingerprint density at radius 3 is 2.45 bits per heavy atom. The zero-order valence-electron chi connectivity index (χ0n) is 14.1. The first kappa shape index (κ1) is 19.4. The van der Waals surface area contributed by atoms with Gasteiger partial charge in [-0.15, -0.1) is 0 Å². The summed E-state index contributed by atoms with van der Waals surface area (Å²) in [4.78, 5) is 13.7. The van der Waals surface area contributed by atoms with E-state index in [-0.39, 0.29) is 11.8 Å². The first-order valence-corrected chi connectivity index (χ1v) is 8.09. The molecular formula is C16H34N2O2. The zero-order valence-corrected chi connectivity index (χ0v) is 14.1. The van der Waals surface area contributed by atoms with E-state index in [1.807, 2.05) is 13.8 Å². The molecule has 0 aliphatic rings. The fourth-order valence-electron chi connectivity index (χ4n) is 2.04. The van der Waals surface area contributed by atoms with Crippen LogP contribution in [0.5, 0.6) is 0 Å². The Labute approximate surface area is 125 Å². The highest BCUT2D eigenvalue weighted by atomic mass is 16.5. The first-order valence-electron chi connectivity index (χ1n) is 8.09. The molecule has 0 bridgehead atoms. The quantitative estimate of drug-likeness (QED) is 0.561. The Hall–Kier alpha value is -0.610. The van der Waals surface area contributed by atoms with Crippen LogP contribution in [0.2, 0.25) is 0 Å². The van der Waals surface area contributed by atoms with Crippen LogP contribution >= 0.6 is 0 Å². The minimum absolute atomic E-state index is 0.0854. The molecule has 0 spiro atoms. The molecule has 1 amide bonds. The van der Waals surface area contributed by atoms with Crippen molar-refractivity contribution in [3.8, 4) is 0 Å². The number of nitrogens with zero attached hydrogens (tertiary/aromatic N) is 1. The molecule has 0 radical (unpaired) electrons. The van der Waals surface area contributed by atoms with Gasteiger partial charge in [-0.05, 0) is 46.2 Å². The molecule has 0 saturated heterocycles. The van der Waals surface area contributed by atoms with Crippen molar-refractivity contribution in [2.75, 3.05) is 33.3 Å². The van der Waals surface area contributed by atoms with Crippen LogP contribution < -0.4 is 5.32 Å². The van der Waals surface area contributed by atoms with E-state index in [4.69, 9.17) is 4.74 Å². The van der Waals surface area contributed by atoms with E-state index in [0.29, 0.717) is 6.10 Å². The lowest BCUT2D eigenvalue weighted by atomic mass is 10.2. The van der Waals surface area contributed by atoms with Gasteiger partial charge in [0.25, 0.3) is 0 Å². The maximum Gasteiger partial charge on any atom is 0.222 e. The Morgan fingerprint density at radius 2 is 1.90 bits per heavy atom. The summed E-state index contributed by atoms with van der Waals surface area (Å²) >= 11 is 0. The van der Waals surface area contributed by atoms with E-state index in [0.717, 1.165) is 51.9 Å². The third-order valence-electron chi connectivity index (χ3n) is 3.48. The van der Waals surface area contributed by atoms with Gasteiger partial charge in [-0.1, -0.05) is 20.8 Å². The van der Waals surface area contributed by atoms with E-state index >= 15 is 0 Å². The third kappa shape index (κ3) is 10.2. The normalized spacial score (nSPS) is 12.9. The number of hydrogen-bond acceptors (Lipinski definition) is 3. The van der Waals surface area contributed by atoms with E-state index in [1.54, 1.807) is 0 Å². The average Bonchev–Trinajstić information content (AvgIpc) is 2.42. The van der Waals surface area contributed by atoms with Crippen molar-refractivity contribution >= 4 is 5.91 Å². The number of carbonyl (C=O) groups excluding carboxylic acids is 1. The van der Waals surface area contributed by atoms with Crippen molar-refractivity contribution in [3.05, 3.63) is 0 Å². The standard InChI is InChI=1S/C16H34N2O2/c1-6-15(20-7-2)10-13-18(5)12-9-8-11-17-16(19)14(3)4/h14-15H,6-13H2,1-5H3,(H,17,19). The van der Waals surface area contributed by atoms with Gasteiger partial charge in [0.1, 0.15) is 0 Å². The van der Waals surface area contributed by atoms with Crippen LogP contribution in [0.4, 0.5) is 0 Å². The summed E-state index contributed by atoms with van der Waals surface area (Å²) in [5.74, 6) is 0.239. The SMILES string of the molecule is CCOC(CC)CCN(C)CCCCNC(=O)C(C)C. The largest absolute Gasteiger partial charge is 0.378 e. The average molecular weight is 286 g/mol. The Kier molecular flexibility index (Phi) is 11.8. The van der Waals surface area contributed by atoms with Crippen molar-refractivity contribution in [1.82, 2.24) is 10.2 Å². The molecule has 4 heteroatoms. The van der Waals surface area contributed by atoms with E-state index < -0.39 is 0 Å². The molecule has 0 aromatic rings. The second-order valence-corrected chi connectivity index (χ2v) is 5.73. The molecule has 0 aliphatic carbocycles. The Morgan fingerprint density at radius 1 is 1.20 bits per heavy atom. The van der Waals surface area contributed by atoms with Gasteiger partial charge in [0.05, 0.1) is 6.10 Å². The lowest BCUT2D eigenvalue weighted by molar-refractivity contribution is -0.123. The van der Waals surface area contributed by atoms with E-state index in [1.165, 1.54) is 0 Å². The highest BCUT2D eigenvalue weighted by Crippen LogP contribution is 2.05. The fourth-order valence-corrected chi connectivity index (χ4v) is 2.04. The Bertz CT molecular complexity index is 245. The minimum Gasteiger partial charge on any atom is -0.378 e. The first-order chi connectivity index (χ1) is 9.51. The molecule has 0 fully saturated rings. The van der Waals surface area contributed by atoms with Crippen LogP contribution in [-0.2, 0) is 9.53 Å². The summed E-state index contributed by atoms with van der Waals surface area (Å²) < 4.78 is 5.66. The second-order valence-electron chi connectivity index (χ2n) is 5.73. The van der Waals surface area contributed by atoms with Crippen LogP contribution in [0.1, 0.15) is 53.4 Å². The number of carbonyl (C=O) groups is 1. The molecule has 0 aromatic heterocycles. The molecule has 0 heterocycles. The minimum atomic E-state index is 0.0854. The lowest BCUT2D eigenvalue weighted by Crippen LogP contribution is -2.29. The molecule has 4 nitrogen and oxygen atoms in total. The summed E-state index contributed by atoms with van der Waals surface area (Å²) in [7, 11) is 2.16. The molecular weight excluding hydrogens is 252 g/mol. The van der Waals surface area contributed by atoms with Crippen molar-refractivity contribution < 1.29 is 9.53 Å². The van der Waals surface area contributed by atoms with Crippen LogP contribution in [0.15, 0.2) is 0 Å². The van der Waals surface area contributed by atoms with Crippen molar-refractivity contribution in [2.45, 2.75) is 59.5 Å². The van der Waals surface area contributed by atoms with Crippen molar-refractivity contribution in [3.63, 3.8) is 0 Å². The van der Waals surface area contributed by atoms with Crippen molar-refractivity contribution in [2.24, 2.45) is 5.92 Å². The number of nitrogens with one attached hydrogen (secondary N) is 1. The van der Waals surface area contributed by atoms with Gasteiger partial charge in [0.15, 0.2) is 0 Å². The summed E-state index contributed by atoms with van der Waals surface area (Å²) in [5.41, 5.74) is 0. The number of ether oxygens (including phenoxy) is 1. The molecule has 1 unspecified atom stereocenters. The predicted molar refractivity (Wildman–Crippen MR) is 84.9 cm³/mol. The number of hydrogen-bond donors (Lipinski definition) is 1. The Balaban J connectivity index is 3.53. The molecule has 120 valence electrons. The topological polar surface area (TPSA) is 41.6 Å². The molecule has 1 N–H and O–H groups in total. The van der Waals surface area contributed by atoms with Crippen molar-refractivity contribution in [1.29, 1.82) is 0 Å². The summed E-state index contributed by atoms with van der Waals surface area (Å²) in [6, 6.07) is 0. The highest BCUT2D eigenvalue weighted by molar-refractivity contribution is 5.77. The second kappa shape index (κ2) is 12.2. The van der Waals surface area contributed by atoms with Gasteiger partial charge in [-0.25, -0.2) is 0 Å². The highest BCUT2D eigenvalue weighted by Gasteiger charge is 2.08. The number of amides is 1. The predicted octanol–water partition coefficient (Wildman–Crippen LogP) is 2.68. The maximum absolute atomic E-state index is 11.4. The van der Waals surface area contributed by atoms with Gasteiger partial charge < -0.3 is 15.0 Å².